The molecule has 6 heteroatoms. The molecule has 1 aliphatic rings. The van der Waals surface area contributed by atoms with Crippen molar-refractivity contribution in [2.24, 2.45) is 4.99 Å². The number of nitrogens with zero attached hydrogens (tertiary/aromatic N) is 1. The number of aliphatic hydroxyl groups excluding tert-OH is 3. The number of rotatable bonds is 5. The third-order valence-electron chi connectivity index (χ3n) is 2.83. The molecule has 0 saturated carbocycles. The van der Waals surface area contributed by atoms with Gasteiger partial charge >= 0.3 is 0 Å². The molecule has 0 aromatic carbocycles. The number of aliphatic imine (C=N–C) groups is 1. The average molecular weight is 268 g/mol. The molecule has 106 valence electrons. The SMILES string of the molecule is C=C=CC=N/C(=C\C)N[C@H]1CO[C@H](CO)[C@H](O)[C@@H]1O. The summed E-state index contributed by atoms with van der Waals surface area (Å²) in [6.07, 6.45) is 1.87. The maximum atomic E-state index is 9.94. The van der Waals surface area contributed by atoms with E-state index in [1.165, 1.54) is 6.21 Å². The van der Waals surface area contributed by atoms with E-state index in [1.807, 2.05) is 0 Å². The van der Waals surface area contributed by atoms with Crippen LogP contribution in [0.1, 0.15) is 6.92 Å². The van der Waals surface area contributed by atoms with E-state index in [-0.39, 0.29) is 13.2 Å². The summed E-state index contributed by atoms with van der Waals surface area (Å²) < 4.78 is 5.26. The van der Waals surface area contributed by atoms with Crippen LogP contribution < -0.4 is 5.32 Å². The molecule has 1 aliphatic heterocycles. The number of allylic oxidation sites excluding steroid dienone is 2. The summed E-state index contributed by atoms with van der Waals surface area (Å²) in [5, 5.41) is 31.6. The molecule has 0 aromatic heterocycles. The smallest absolute Gasteiger partial charge is 0.121 e. The number of hydrogen-bond acceptors (Lipinski definition) is 6. The van der Waals surface area contributed by atoms with Gasteiger partial charge < -0.3 is 25.4 Å². The van der Waals surface area contributed by atoms with Crippen molar-refractivity contribution in [1.82, 2.24) is 5.32 Å². The monoisotopic (exact) mass is 268 g/mol. The predicted octanol–water partition coefficient (Wildman–Crippen LogP) is -0.669. The highest BCUT2D eigenvalue weighted by molar-refractivity contribution is 5.71. The third kappa shape index (κ3) is 4.31. The summed E-state index contributed by atoms with van der Waals surface area (Å²) in [5.41, 5.74) is 2.56. The number of aliphatic hydroxyl groups is 3. The van der Waals surface area contributed by atoms with Crippen molar-refractivity contribution in [2.75, 3.05) is 13.2 Å². The van der Waals surface area contributed by atoms with Crippen molar-refractivity contribution in [2.45, 2.75) is 31.3 Å². The van der Waals surface area contributed by atoms with E-state index in [9.17, 15) is 10.2 Å². The summed E-state index contributed by atoms with van der Waals surface area (Å²) in [6.45, 7) is 5.05. The standard InChI is InChI=1S/C13H20N2O4/c1-3-5-6-14-11(4-2)15-9-8-19-10(7-16)13(18)12(9)17/h4-6,9-10,12-13,15-18H,1,7-8H2,2H3/b11-4+,14-6?/t9-,10+,12+,13-/m0/s1. The van der Waals surface area contributed by atoms with Gasteiger partial charge in [-0.25, -0.2) is 4.99 Å². The molecule has 1 saturated heterocycles. The van der Waals surface area contributed by atoms with Crippen molar-refractivity contribution in [1.29, 1.82) is 0 Å². The lowest BCUT2D eigenvalue weighted by Gasteiger charge is -2.37. The van der Waals surface area contributed by atoms with Gasteiger partial charge in [-0.3, -0.25) is 0 Å². The van der Waals surface area contributed by atoms with Crippen LogP contribution in [-0.2, 0) is 4.74 Å². The average Bonchev–Trinajstić information content (AvgIpc) is 2.43. The van der Waals surface area contributed by atoms with Gasteiger partial charge in [0.05, 0.1) is 19.3 Å². The van der Waals surface area contributed by atoms with Crippen molar-refractivity contribution in [3.05, 3.63) is 30.3 Å². The summed E-state index contributed by atoms with van der Waals surface area (Å²) in [7, 11) is 0. The first-order valence-corrected chi connectivity index (χ1v) is 6.04. The first-order valence-electron chi connectivity index (χ1n) is 6.04. The Kier molecular flexibility index (Phi) is 6.49. The molecular formula is C13H20N2O4. The van der Waals surface area contributed by atoms with Gasteiger partial charge in [0.2, 0.25) is 0 Å². The van der Waals surface area contributed by atoms with Gasteiger partial charge in [-0.05, 0) is 19.1 Å². The summed E-state index contributed by atoms with van der Waals surface area (Å²) >= 11 is 0. The lowest BCUT2D eigenvalue weighted by atomic mass is 9.98. The first-order chi connectivity index (χ1) is 9.13. The van der Waals surface area contributed by atoms with Crippen LogP contribution in [0.2, 0.25) is 0 Å². The highest BCUT2D eigenvalue weighted by atomic mass is 16.5. The van der Waals surface area contributed by atoms with Crippen LogP contribution in [0.15, 0.2) is 35.3 Å². The number of hydrogen-bond donors (Lipinski definition) is 4. The minimum atomic E-state index is -1.13. The van der Waals surface area contributed by atoms with E-state index >= 15 is 0 Å². The minimum absolute atomic E-state index is 0.174. The van der Waals surface area contributed by atoms with Crippen LogP contribution in [0.25, 0.3) is 0 Å². The minimum Gasteiger partial charge on any atom is -0.394 e. The molecule has 1 rings (SSSR count). The second-order valence-electron chi connectivity index (χ2n) is 4.11. The fourth-order valence-corrected chi connectivity index (χ4v) is 1.73. The van der Waals surface area contributed by atoms with E-state index in [0.717, 1.165) is 0 Å². The van der Waals surface area contributed by atoms with E-state index < -0.39 is 24.4 Å². The molecule has 4 atom stereocenters. The Labute approximate surface area is 112 Å². The van der Waals surface area contributed by atoms with Crippen LogP contribution in [-0.4, -0.2) is 59.1 Å². The molecular weight excluding hydrogens is 248 g/mol. The first kappa shape index (κ1) is 15.6. The second kappa shape index (κ2) is 7.89. The molecule has 1 heterocycles. The molecule has 0 aliphatic carbocycles. The highest BCUT2D eigenvalue weighted by Gasteiger charge is 2.38. The van der Waals surface area contributed by atoms with Crippen LogP contribution in [0.5, 0.6) is 0 Å². The van der Waals surface area contributed by atoms with Crippen LogP contribution in [0, 0.1) is 0 Å². The van der Waals surface area contributed by atoms with E-state index in [0.29, 0.717) is 5.82 Å². The summed E-state index contributed by atoms with van der Waals surface area (Å²) in [4.78, 5) is 4.09. The van der Waals surface area contributed by atoms with Gasteiger partial charge in [0.1, 0.15) is 24.1 Å². The fourth-order valence-electron chi connectivity index (χ4n) is 1.73. The van der Waals surface area contributed by atoms with Crippen molar-refractivity contribution < 1.29 is 20.1 Å². The van der Waals surface area contributed by atoms with Crippen LogP contribution in [0.4, 0.5) is 0 Å². The molecule has 0 aromatic rings. The topological polar surface area (TPSA) is 94.3 Å². The maximum Gasteiger partial charge on any atom is 0.121 e. The molecule has 0 radical (unpaired) electrons. The molecule has 6 nitrogen and oxygen atoms in total. The highest BCUT2D eigenvalue weighted by Crippen LogP contribution is 2.16. The Bertz CT molecular complexity index is 388. The van der Waals surface area contributed by atoms with Gasteiger partial charge in [0, 0.05) is 6.21 Å². The Morgan fingerprint density at radius 3 is 2.84 bits per heavy atom. The normalized spacial score (nSPS) is 32.1. The number of ether oxygens (including phenoxy) is 1. The van der Waals surface area contributed by atoms with E-state index in [2.05, 4.69) is 22.6 Å². The molecule has 0 bridgehead atoms. The Balaban J connectivity index is 2.63. The largest absolute Gasteiger partial charge is 0.394 e. The Morgan fingerprint density at radius 2 is 2.26 bits per heavy atom. The van der Waals surface area contributed by atoms with Gasteiger partial charge in [-0.15, -0.1) is 5.73 Å². The van der Waals surface area contributed by atoms with Crippen molar-refractivity contribution >= 4 is 6.21 Å². The lowest BCUT2D eigenvalue weighted by Crippen LogP contribution is -2.58. The van der Waals surface area contributed by atoms with Gasteiger partial charge in [0.25, 0.3) is 0 Å². The molecule has 19 heavy (non-hydrogen) atoms. The van der Waals surface area contributed by atoms with Crippen LogP contribution in [0.3, 0.4) is 0 Å². The predicted molar refractivity (Wildman–Crippen MR) is 71.7 cm³/mol. The van der Waals surface area contributed by atoms with Gasteiger partial charge in [-0.2, -0.15) is 0 Å². The summed E-state index contributed by atoms with van der Waals surface area (Å²) in [5.74, 6) is 0.536. The Hall–Kier alpha value is -1.43. The molecule has 0 spiro atoms. The van der Waals surface area contributed by atoms with Crippen LogP contribution >= 0.6 is 0 Å². The van der Waals surface area contributed by atoms with Crippen molar-refractivity contribution in [3.63, 3.8) is 0 Å². The van der Waals surface area contributed by atoms with E-state index in [1.54, 1.807) is 19.1 Å². The second-order valence-corrected chi connectivity index (χ2v) is 4.11. The zero-order valence-electron chi connectivity index (χ0n) is 10.9. The molecule has 1 fully saturated rings. The lowest BCUT2D eigenvalue weighted by molar-refractivity contribution is -0.160. The third-order valence-corrected chi connectivity index (χ3v) is 2.83. The Morgan fingerprint density at radius 1 is 1.53 bits per heavy atom. The molecule has 4 N–H and O–H groups in total. The van der Waals surface area contributed by atoms with Gasteiger partial charge in [0.15, 0.2) is 0 Å². The fraction of sp³-hybridized carbons (Fsp3) is 0.538. The van der Waals surface area contributed by atoms with Crippen molar-refractivity contribution in [3.8, 4) is 0 Å². The van der Waals surface area contributed by atoms with E-state index in [4.69, 9.17) is 9.84 Å². The molecule has 0 amide bonds. The quantitative estimate of drug-likeness (QED) is 0.392. The molecule has 0 unspecified atom stereocenters. The summed E-state index contributed by atoms with van der Waals surface area (Å²) in [6, 6.07) is -0.492. The van der Waals surface area contributed by atoms with Gasteiger partial charge in [-0.1, -0.05) is 6.58 Å². The maximum absolute atomic E-state index is 9.94. The zero-order valence-corrected chi connectivity index (χ0v) is 10.9. The zero-order chi connectivity index (χ0) is 14.3. The number of nitrogens with one attached hydrogen (secondary N) is 1.